The molecule has 3 rings (SSSR count). The van der Waals surface area contributed by atoms with Crippen molar-refractivity contribution in [1.82, 2.24) is 5.32 Å². The van der Waals surface area contributed by atoms with Crippen LogP contribution in [0.25, 0.3) is 0 Å². The summed E-state index contributed by atoms with van der Waals surface area (Å²) in [5, 5.41) is 15.8. The van der Waals surface area contributed by atoms with Crippen molar-refractivity contribution in [2.45, 2.75) is 24.1 Å². The number of aryl methyl sites for hydroxylation is 1. The van der Waals surface area contributed by atoms with E-state index in [1.807, 2.05) is 42.5 Å². The van der Waals surface area contributed by atoms with Crippen molar-refractivity contribution in [1.29, 1.82) is 0 Å². The van der Waals surface area contributed by atoms with E-state index < -0.39 is 5.54 Å². The molecule has 24 heavy (non-hydrogen) atoms. The third-order valence-corrected chi connectivity index (χ3v) is 5.12. The topological polar surface area (TPSA) is 61.4 Å². The monoisotopic (exact) mass is 342 g/mol. The fourth-order valence-corrected chi connectivity index (χ4v) is 3.78. The maximum Gasteiger partial charge on any atom is 0.320 e. The van der Waals surface area contributed by atoms with Gasteiger partial charge >= 0.3 is 6.03 Å². The first-order chi connectivity index (χ1) is 11.7. The predicted octanol–water partition coefficient (Wildman–Crippen LogP) is 3.51. The van der Waals surface area contributed by atoms with Crippen molar-refractivity contribution in [3.63, 3.8) is 0 Å². The van der Waals surface area contributed by atoms with Crippen molar-refractivity contribution < 1.29 is 9.90 Å². The van der Waals surface area contributed by atoms with Crippen LogP contribution >= 0.6 is 11.8 Å². The molecule has 4 nitrogen and oxygen atoms in total. The second kappa shape index (κ2) is 7.28. The fraction of sp³-hybridized carbons (Fsp3) is 0.316. The second-order valence-electron chi connectivity index (χ2n) is 6.11. The van der Waals surface area contributed by atoms with E-state index in [0.717, 1.165) is 23.4 Å². The Kier molecular flexibility index (Phi) is 5.11. The number of hydrogen-bond acceptors (Lipinski definition) is 3. The van der Waals surface area contributed by atoms with E-state index >= 15 is 0 Å². The van der Waals surface area contributed by atoms with Gasteiger partial charge in [0.25, 0.3) is 0 Å². The SMILES string of the molecule is CSCc1ccc(NC(=O)NC2(CO)CCc3ccccc32)cc1. The minimum atomic E-state index is -0.695. The highest BCUT2D eigenvalue weighted by molar-refractivity contribution is 7.97. The van der Waals surface area contributed by atoms with Gasteiger partial charge < -0.3 is 15.7 Å². The number of benzene rings is 2. The van der Waals surface area contributed by atoms with Crippen LogP contribution in [0.1, 0.15) is 23.1 Å². The van der Waals surface area contributed by atoms with Gasteiger partial charge in [0.2, 0.25) is 0 Å². The fourth-order valence-electron chi connectivity index (χ4n) is 3.25. The zero-order chi connectivity index (χ0) is 17.0. The first kappa shape index (κ1) is 16.9. The Morgan fingerprint density at radius 1 is 1.21 bits per heavy atom. The quantitative estimate of drug-likeness (QED) is 0.779. The van der Waals surface area contributed by atoms with Gasteiger partial charge in [-0.3, -0.25) is 0 Å². The molecular weight excluding hydrogens is 320 g/mol. The van der Waals surface area contributed by atoms with Crippen LogP contribution in [0.4, 0.5) is 10.5 Å². The van der Waals surface area contributed by atoms with Crippen LogP contribution in [0.5, 0.6) is 0 Å². The number of anilines is 1. The number of fused-ring (bicyclic) bond motifs is 1. The van der Waals surface area contributed by atoms with Crippen molar-refractivity contribution in [2.24, 2.45) is 0 Å². The van der Waals surface area contributed by atoms with Crippen LogP contribution in [0, 0.1) is 0 Å². The zero-order valence-electron chi connectivity index (χ0n) is 13.7. The van der Waals surface area contributed by atoms with Gasteiger partial charge in [0, 0.05) is 11.4 Å². The minimum absolute atomic E-state index is 0.107. The predicted molar refractivity (Wildman–Crippen MR) is 99.3 cm³/mol. The number of hydrogen-bond donors (Lipinski definition) is 3. The van der Waals surface area contributed by atoms with Gasteiger partial charge in [-0.2, -0.15) is 11.8 Å². The highest BCUT2D eigenvalue weighted by atomic mass is 32.2. The number of aliphatic hydroxyl groups excluding tert-OH is 1. The molecule has 1 atom stereocenters. The summed E-state index contributed by atoms with van der Waals surface area (Å²) in [6, 6.07) is 15.5. The van der Waals surface area contributed by atoms with Crippen LogP contribution in [-0.2, 0) is 17.7 Å². The molecule has 0 heterocycles. The number of amides is 2. The highest BCUT2D eigenvalue weighted by Gasteiger charge is 2.39. The molecule has 0 aromatic heterocycles. The molecular formula is C19H22N2O2S. The third kappa shape index (κ3) is 3.42. The molecule has 1 aliphatic rings. The van der Waals surface area contributed by atoms with Crippen molar-refractivity contribution in [3.8, 4) is 0 Å². The summed E-state index contributed by atoms with van der Waals surface area (Å²) < 4.78 is 0. The Labute approximate surface area is 146 Å². The molecule has 126 valence electrons. The molecule has 0 saturated carbocycles. The lowest BCUT2D eigenvalue weighted by molar-refractivity contribution is 0.164. The maximum atomic E-state index is 12.4. The number of carbonyl (C=O) groups excluding carboxylic acids is 1. The Morgan fingerprint density at radius 3 is 2.67 bits per heavy atom. The molecule has 0 bridgehead atoms. The molecule has 0 radical (unpaired) electrons. The first-order valence-corrected chi connectivity index (χ1v) is 9.42. The third-order valence-electron chi connectivity index (χ3n) is 4.50. The molecule has 1 aliphatic carbocycles. The van der Waals surface area contributed by atoms with Gasteiger partial charge in [0.1, 0.15) is 0 Å². The normalized spacial score (nSPS) is 18.9. The number of aliphatic hydroxyl groups is 1. The van der Waals surface area contributed by atoms with E-state index in [-0.39, 0.29) is 12.6 Å². The maximum absolute atomic E-state index is 12.4. The van der Waals surface area contributed by atoms with E-state index in [2.05, 4.69) is 23.0 Å². The van der Waals surface area contributed by atoms with Crippen molar-refractivity contribution >= 4 is 23.5 Å². The van der Waals surface area contributed by atoms with Gasteiger partial charge in [-0.05, 0) is 47.9 Å². The number of nitrogens with one attached hydrogen (secondary N) is 2. The minimum Gasteiger partial charge on any atom is -0.394 e. The van der Waals surface area contributed by atoms with E-state index in [1.54, 1.807) is 11.8 Å². The van der Waals surface area contributed by atoms with E-state index in [0.29, 0.717) is 6.42 Å². The largest absolute Gasteiger partial charge is 0.394 e. The van der Waals surface area contributed by atoms with Crippen molar-refractivity contribution in [2.75, 3.05) is 18.2 Å². The molecule has 5 heteroatoms. The second-order valence-corrected chi connectivity index (χ2v) is 6.97. The standard InChI is InChI=1S/C19H22N2O2S/c1-24-12-14-6-8-16(9-7-14)20-18(23)21-19(13-22)11-10-15-4-2-3-5-17(15)19/h2-9,22H,10-13H2,1H3,(H2,20,21,23). The van der Waals surface area contributed by atoms with E-state index in [9.17, 15) is 9.90 Å². The summed E-state index contributed by atoms with van der Waals surface area (Å²) in [5.41, 5.74) is 3.48. The molecule has 3 N–H and O–H groups in total. The lowest BCUT2D eigenvalue weighted by Crippen LogP contribution is -2.48. The van der Waals surface area contributed by atoms with Gasteiger partial charge in [-0.1, -0.05) is 36.4 Å². The number of rotatable bonds is 5. The lowest BCUT2D eigenvalue weighted by Gasteiger charge is -2.29. The Balaban J connectivity index is 1.70. The summed E-state index contributed by atoms with van der Waals surface area (Å²) in [7, 11) is 0. The molecule has 0 saturated heterocycles. The number of urea groups is 1. The van der Waals surface area contributed by atoms with Crippen LogP contribution in [0.15, 0.2) is 48.5 Å². The summed E-state index contributed by atoms with van der Waals surface area (Å²) in [4.78, 5) is 12.4. The summed E-state index contributed by atoms with van der Waals surface area (Å²) in [5.74, 6) is 0.955. The van der Waals surface area contributed by atoms with Gasteiger partial charge in [-0.15, -0.1) is 0 Å². The summed E-state index contributed by atoms with van der Waals surface area (Å²) >= 11 is 1.76. The highest BCUT2D eigenvalue weighted by Crippen LogP contribution is 2.36. The molecule has 0 spiro atoms. The average molecular weight is 342 g/mol. The van der Waals surface area contributed by atoms with Crippen LogP contribution in [-0.4, -0.2) is 24.0 Å². The Morgan fingerprint density at radius 2 is 1.96 bits per heavy atom. The average Bonchev–Trinajstić information content (AvgIpc) is 2.96. The molecule has 2 amide bonds. The number of carbonyl (C=O) groups is 1. The zero-order valence-corrected chi connectivity index (χ0v) is 14.5. The Bertz CT molecular complexity index is 718. The van der Waals surface area contributed by atoms with Crippen LogP contribution in [0.2, 0.25) is 0 Å². The smallest absolute Gasteiger partial charge is 0.320 e. The lowest BCUT2D eigenvalue weighted by atomic mass is 9.93. The molecule has 0 aliphatic heterocycles. The van der Waals surface area contributed by atoms with Gasteiger partial charge in [-0.25, -0.2) is 4.79 Å². The Hall–Kier alpha value is -1.98. The van der Waals surface area contributed by atoms with Crippen LogP contribution in [0.3, 0.4) is 0 Å². The number of thioether (sulfide) groups is 1. The van der Waals surface area contributed by atoms with Gasteiger partial charge in [0.05, 0.1) is 12.1 Å². The summed E-state index contributed by atoms with van der Waals surface area (Å²) in [6.45, 7) is -0.107. The first-order valence-electron chi connectivity index (χ1n) is 8.03. The molecule has 0 fully saturated rings. The molecule has 2 aromatic carbocycles. The van der Waals surface area contributed by atoms with Gasteiger partial charge in [0.15, 0.2) is 0 Å². The van der Waals surface area contributed by atoms with E-state index in [4.69, 9.17) is 0 Å². The molecule has 2 aromatic rings. The van der Waals surface area contributed by atoms with Crippen LogP contribution < -0.4 is 10.6 Å². The summed E-state index contributed by atoms with van der Waals surface area (Å²) in [6.07, 6.45) is 3.64. The molecule has 1 unspecified atom stereocenters. The van der Waals surface area contributed by atoms with E-state index in [1.165, 1.54) is 11.1 Å². The van der Waals surface area contributed by atoms with Crippen molar-refractivity contribution in [3.05, 3.63) is 65.2 Å².